The molecule has 3 aromatic carbocycles. The molecule has 6 rings (SSSR count). The maximum absolute atomic E-state index is 13.3. The van der Waals surface area contributed by atoms with Crippen molar-refractivity contribution in [3.8, 4) is 16.9 Å². The summed E-state index contributed by atoms with van der Waals surface area (Å²) in [6.45, 7) is 3.37. The largest absolute Gasteiger partial charge is 0.482 e. The van der Waals surface area contributed by atoms with Crippen molar-refractivity contribution < 1.29 is 19.1 Å². The first-order chi connectivity index (χ1) is 20.6. The molecule has 1 unspecified atom stereocenters. The van der Waals surface area contributed by atoms with Crippen LogP contribution in [0.15, 0.2) is 72.8 Å². The molecular weight excluding hydrogens is 526 g/mol. The molecule has 2 aliphatic heterocycles. The number of aromatic nitrogens is 1. The molecule has 4 aromatic rings. The van der Waals surface area contributed by atoms with E-state index in [1.54, 1.807) is 7.11 Å². The number of para-hydroxylation sites is 1. The van der Waals surface area contributed by atoms with Crippen molar-refractivity contribution >= 4 is 28.4 Å². The highest BCUT2D eigenvalue weighted by atomic mass is 16.5. The number of methoxy groups -OCH3 is 1. The number of rotatable bonds is 10. The zero-order valence-corrected chi connectivity index (χ0v) is 24.3. The molecule has 2 aliphatic rings. The van der Waals surface area contributed by atoms with Gasteiger partial charge in [0.15, 0.2) is 6.61 Å². The fraction of sp³-hybridized carbons (Fsp3) is 0.371. The third-order valence-electron chi connectivity index (χ3n) is 8.52. The fourth-order valence-electron chi connectivity index (χ4n) is 6.36. The fourth-order valence-corrected chi connectivity index (χ4v) is 6.36. The van der Waals surface area contributed by atoms with Crippen molar-refractivity contribution in [3.05, 3.63) is 84.1 Å². The first-order valence-electron chi connectivity index (χ1n) is 15.1. The second kappa shape index (κ2) is 12.8. The number of piperidine rings is 1. The lowest BCUT2D eigenvalue weighted by Gasteiger charge is -2.33. The maximum atomic E-state index is 13.3. The smallest absolute Gasteiger partial charge is 0.262 e. The number of carbonyl (C=O) groups is 2. The van der Waals surface area contributed by atoms with Crippen LogP contribution in [0.3, 0.4) is 0 Å². The van der Waals surface area contributed by atoms with Crippen LogP contribution in [-0.2, 0) is 27.3 Å². The lowest BCUT2D eigenvalue weighted by molar-refractivity contribution is -0.132. The van der Waals surface area contributed by atoms with Gasteiger partial charge in [0.1, 0.15) is 5.75 Å². The SMILES string of the molecule is COCCCn1c(C2CCCN(C(=O)CCCc3ccc(-c4ccc5c(c4)NC(=O)CO5)cc3)C2)cc2ccccc21. The van der Waals surface area contributed by atoms with E-state index in [0.29, 0.717) is 23.8 Å². The Balaban J connectivity index is 1.04. The number of likely N-dealkylation sites (tertiary alicyclic amines) is 1. The van der Waals surface area contributed by atoms with Gasteiger partial charge in [-0.1, -0.05) is 48.5 Å². The van der Waals surface area contributed by atoms with Gasteiger partial charge in [0, 0.05) is 56.9 Å². The van der Waals surface area contributed by atoms with Crippen LogP contribution in [0.5, 0.6) is 5.75 Å². The number of amides is 2. The monoisotopic (exact) mass is 565 g/mol. The van der Waals surface area contributed by atoms with Gasteiger partial charge in [-0.05, 0) is 78.4 Å². The van der Waals surface area contributed by atoms with Gasteiger partial charge in [-0.3, -0.25) is 9.59 Å². The van der Waals surface area contributed by atoms with Crippen LogP contribution in [0.1, 0.15) is 49.3 Å². The number of nitrogens with zero attached hydrogens (tertiary/aromatic N) is 2. The van der Waals surface area contributed by atoms with Gasteiger partial charge in [0.25, 0.3) is 5.91 Å². The molecule has 7 nitrogen and oxygen atoms in total. The van der Waals surface area contributed by atoms with Crippen molar-refractivity contribution in [3.63, 3.8) is 0 Å². The van der Waals surface area contributed by atoms with E-state index < -0.39 is 0 Å². The van der Waals surface area contributed by atoms with Crippen LogP contribution >= 0.6 is 0 Å². The lowest BCUT2D eigenvalue weighted by Crippen LogP contribution is -2.39. The van der Waals surface area contributed by atoms with Crippen molar-refractivity contribution in [2.75, 3.05) is 38.7 Å². The van der Waals surface area contributed by atoms with Crippen molar-refractivity contribution in [2.45, 2.75) is 51.0 Å². The van der Waals surface area contributed by atoms with Crippen molar-refractivity contribution in [1.82, 2.24) is 9.47 Å². The molecule has 2 amide bonds. The lowest BCUT2D eigenvalue weighted by atomic mass is 9.94. The normalized spacial score (nSPS) is 16.6. The molecule has 0 aliphatic carbocycles. The van der Waals surface area contributed by atoms with E-state index in [0.717, 1.165) is 69.5 Å². The Morgan fingerprint density at radius 3 is 2.71 bits per heavy atom. The summed E-state index contributed by atoms with van der Waals surface area (Å²) in [5, 5.41) is 4.14. The Morgan fingerprint density at radius 1 is 1.02 bits per heavy atom. The number of hydrogen-bond donors (Lipinski definition) is 1. The van der Waals surface area contributed by atoms with Crippen molar-refractivity contribution in [2.24, 2.45) is 0 Å². The molecule has 1 aromatic heterocycles. The van der Waals surface area contributed by atoms with E-state index in [1.165, 1.54) is 22.2 Å². The van der Waals surface area contributed by atoms with Crippen LogP contribution in [0, 0.1) is 0 Å². The number of aryl methyl sites for hydroxylation is 2. The van der Waals surface area contributed by atoms with Crippen LogP contribution in [0.4, 0.5) is 5.69 Å². The van der Waals surface area contributed by atoms with Gasteiger partial charge in [-0.2, -0.15) is 0 Å². The van der Waals surface area contributed by atoms with Crippen LogP contribution in [0.2, 0.25) is 0 Å². The van der Waals surface area contributed by atoms with E-state index in [9.17, 15) is 9.59 Å². The first kappa shape index (κ1) is 28.0. The molecule has 0 spiro atoms. The molecule has 218 valence electrons. The van der Waals surface area contributed by atoms with Gasteiger partial charge >= 0.3 is 0 Å². The Kier molecular flexibility index (Phi) is 8.56. The second-order valence-corrected chi connectivity index (χ2v) is 11.4. The van der Waals surface area contributed by atoms with Gasteiger partial charge in [0.2, 0.25) is 5.91 Å². The summed E-state index contributed by atoms with van der Waals surface area (Å²) in [6.07, 6.45) is 5.38. The third-order valence-corrected chi connectivity index (χ3v) is 8.52. The quantitative estimate of drug-likeness (QED) is 0.226. The average Bonchev–Trinajstić information content (AvgIpc) is 3.40. The molecule has 1 N–H and O–H groups in total. The number of nitrogens with one attached hydrogen (secondary N) is 1. The Labute approximate surface area is 247 Å². The summed E-state index contributed by atoms with van der Waals surface area (Å²) in [5.74, 6) is 1.18. The number of carbonyl (C=O) groups excluding carboxylic acids is 2. The number of hydrogen-bond acceptors (Lipinski definition) is 4. The summed E-state index contributed by atoms with van der Waals surface area (Å²) in [4.78, 5) is 27.0. The molecule has 7 heteroatoms. The number of anilines is 1. The van der Waals surface area contributed by atoms with Crippen LogP contribution in [0.25, 0.3) is 22.0 Å². The predicted molar refractivity (Wildman–Crippen MR) is 166 cm³/mol. The zero-order valence-electron chi connectivity index (χ0n) is 24.3. The third kappa shape index (κ3) is 6.21. The summed E-state index contributed by atoms with van der Waals surface area (Å²) < 4.78 is 13.2. The topological polar surface area (TPSA) is 72.8 Å². The molecule has 0 bridgehead atoms. The number of benzene rings is 3. The minimum absolute atomic E-state index is 0.0582. The first-order valence-corrected chi connectivity index (χ1v) is 15.1. The highest BCUT2D eigenvalue weighted by Crippen LogP contribution is 2.34. The van der Waals surface area contributed by atoms with Gasteiger partial charge in [0.05, 0.1) is 5.69 Å². The molecule has 0 saturated carbocycles. The van der Waals surface area contributed by atoms with Gasteiger partial charge in [-0.15, -0.1) is 0 Å². The molecule has 0 radical (unpaired) electrons. The van der Waals surface area contributed by atoms with E-state index in [4.69, 9.17) is 9.47 Å². The highest BCUT2D eigenvalue weighted by molar-refractivity contribution is 5.96. The molecule has 1 fully saturated rings. The summed E-state index contributed by atoms with van der Waals surface area (Å²) in [7, 11) is 1.75. The van der Waals surface area contributed by atoms with E-state index in [-0.39, 0.29) is 18.4 Å². The Bertz CT molecular complexity index is 1560. The number of fused-ring (bicyclic) bond motifs is 2. The minimum atomic E-state index is -0.134. The van der Waals surface area contributed by atoms with E-state index in [2.05, 4.69) is 69.4 Å². The van der Waals surface area contributed by atoms with E-state index >= 15 is 0 Å². The summed E-state index contributed by atoms with van der Waals surface area (Å²) in [5.41, 5.74) is 6.65. The second-order valence-electron chi connectivity index (χ2n) is 11.4. The van der Waals surface area contributed by atoms with Crippen molar-refractivity contribution in [1.29, 1.82) is 0 Å². The average molecular weight is 566 g/mol. The van der Waals surface area contributed by atoms with Gasteiger partial charge < -0.3 is 24.3 Å². The summed E-state index contributed by atoms with van der Waals surface area (Å²) in [6, 6.07) is 25.2. The molecule has 1 atom stereocenters. The predicted octanol–water partition coefficient (Wildman–Crippen LogP) is 6.40. The molecular formula is C35H39N3O4. The standard InChI is InChI=1S/C35H39N3O4/c1-41-20-6-19-38-31-10-3-2-8-28(31)22-32(38)29-9-5-18-37(23-29)35(40)11-4-7-25-12-14-26(15-13-25)27-16-17-33-30(21-27)36-34(39)24-42-33/h2-3,8,10,12-17,21-22,29H,4-7,9,11,18-20,23-24H2,1H3,(H,36,39). The number of ether oxygens (including phenoxy) is 2. The molecule has 3 heterocycles. The minimum Gasteiger partial charge on any atom is -0.482 e. The molecule has 1 saturated heterocycles. The van der Waals surface area contributed by atoms with Crippen LogP contribution < -0.4 is 10.1 Å². The van der Waals surface area contributed by atoms with Gasteiger partial charge in [-0.25, -0.2) is 0 Å². The highest BCUT2D eigenvalue weighted by Gasteiger charge is 2.27. The molecule has 42 heavy (non-hydrogen) atoms. The zero-order chi connectivity index (χ0) is 28.9. The van der Waals surface area contributed by atoms with E-state index in [1.807, 2.05) is 18.2 Å². The summed E-state index contributed by atoms with van der Waals surface area (Å²) >= 11 is 0. The Morgan fingerprint density at radius 2 is 1.86 bits per heavy atom. The Hall–Kier alpha value is -4.10. The van der Waals surface area contributed by atoms with Crippen LogP contribution in [-0.4, -0.2) is 54.7 Å². The maximum Gasteiger partial charge on any atom is 0.262 e.